The van der Waals surface area contributed by atoms with Gasteiger partial charge in [0.1, 0.15) is 11.3 Å². The van der Waals surface area contributed by atoms with Gasteiger partial charge in [0.25, 0.3) is 0 Å². The first-order valence-corrected chi connectivity index (χ1v) is 9.58. The molecule has 1 aliphatic heterocycles. The Hall–Kier alpha value is -3.37. The minimum absolute atomic E-state index is 0.190. The lowest BCUT2D eigenvalue weighted by Crippen LogP contribution is -2.31. The summed E-state index contributed by atoms with van der Waals surface area (Å²) in [4.78, 5) is 26.2. The van der Waals surface area contributed by atoms with Gasteiger partial charge in [-0.05, 0) is 29.8 Å². The maximum Gasteiger partial charge on any atom is 0.344 e. The number of fused-ring (bicyclic) bond motifs is 3. The van der Waals surface area contributed by atoms with Gasteiger partial charge in [0.05, 0.1) is 16.9 Å². The van der Waals surface area contributed by atoms with E-state index < -0.39 is 17.6 Å². The van der Waals surface area contributed by atoms with E-state index in [9.17, 15) is 9.59 Å². The molecule has 1 aliphatic rings. The summed E-state index contributed by atoms with van der Waals surface area (Å²) in [7, 11) is 0. The summed E-state index contributed by atoms with van der Waals surface area (Å²) in [6.07, 6.45) is -0.873. The van der Waals surface area contributed by atoms with Crippen LogP contribution in [0.1, 0.15) is 27.4 Å². The predicted octanol–water partition coefficient (Wildman–Crippen LogP) is 5.22. The molecule has 0 aliphatic carbocycles. The first kappa shape index (κ1) is 17.7. The van der Waals surface area contributed by atoms with Crippen molar-refractivity contribution in [2.45, 2.75) is 12.0 Å². The molecular formula is C24H15ClO4. The average molecular weight is 403 g/mol. The van der Waals surface area contributed by atoms with Crippen molar-refractivity contribution >= 4 is 28.4 Å². The van der Waals surface area contributed by atoms with E-state index in [2.05, 4.69) is 0 Å². The number of hydrogen-bond acceptors (Lipinski definition) is 4. The van der Waals surface area contributed by atoms with Crippen LogP contribution < -0.4 is 10.4 Å². The molecule has 4 aromatic rings. The highest BCUT2D eigenvalue weighted by atomic mass is 35.5. The Morgan fingerprint density at radius 1 is 0.862 bits per heavy atom. The molecule has 2 atom stereocenters. The van der Waals surface area contributed by atoms with Gasteiger partial charge in [-0.2, -0.15) is 0 Å². The monoisotopic (exact) mass is 402 g/mol. The maximum atomic E-state index is 13.3. The van der Waals surface area contributed by atoms with E-state index in [0.717, 1.165) is 5.56 Å². The van der Waals surface area contributed by atoms with Crippen molar-refractivity contribution in [2.24, 2.45) is 0 Å². The van der Waals surface area contributed by atoms with Gasteiger partial charge in [-0.3, -0.25) is 4.79 Å². The van der Waals surface area contributed by atoms with Crippen LogP contribution >= 0.6 is 11.6 Å². The van der Waals surface area contributed by atoms with Crippen LogP contribution in [0, 0.1) is 0 Å². The maximum absolute atomic E-state index is 13.3. The zero-order valence-corrected chi connectivity index (χ0v) is 15.9. The molecule has 29 heavy (non-hydrogen) atoms. The van der Waals surface area contributed by atoms with Crippen molar-refractivity contribution < 1.29 is 13.9 Å². The summed E-state index contributed by atoms with van der Waals surface area (Å²) >= 11 is 6.04. The van der Waals surface area contributed by atoms with Crippen molar-refractivity contribution in [1.29, 1.82) is 0 Å². The second kappa shape index (κ2) is 6.90. The lowest BCUT2D eigenvalue weighted by Gasteiger charge is -2.18. The fourth-order valence-corrected chi connectivity index (χ4v) is 3.99. The highest BCUT2D eigenvalue weighted by Gasteiger charge is 2.44. The van der Waals surface area contributed by atoms with Crippen molar-refractivity contribution in [3.8, 4) is 5.75 Å². The molecule has 3 aromatic carbocycles. The molecule has 142 valence electrons. The Morgan fingerprint density at radius 2 is 1.55 bits per heavy atom. The fraction of sp³-hybridized carbons (Fsp3) is 0.0833. The highest BCUT2D eigenvalue weighted by Crippen LogP contribution is 2.45. The Balaban J connectivity index is 1.73. The van der Waals surface area contributed by atoms with Crippen LogP contribution in [0.5, 0.6) is 5.75 Å². The van der Waals surface area contributed by atoms with Crippen molar-refractivity contribution in [2.75, 3.05) is 0 Å². The Labute approximate surface area is 171 Å². The zero-order valence-electron chi connectivity index (χ0n) is 15.2. The summed E-state index contributed by atoms with van der Waals surface area (Å²) in [5.41, 5.74) is 1.59. The molecule has 0 spiro atoms. The van der Waals surface area contributed by atoms with Gasteiger partial charge < -0.3 is 9.15 Å². The van der Waals surface area contributed by atoms with Crippen molar-refractivity contribution in [1.82, 2.24) is 0 Å². The Morgan fingerprint density at radius 3 is 2.31 bits per heavy atom. The molecule has 0 N–H and O–H groups in total. The first-order chi connectivity index (χ1) is 14.1. The second-order valence-corrected chi connectivity index (χ2v) is 7.36. The number of para-hydroxylation sites is 1. The number of ketones is 1. The van der Waals surface area contributed by atoms with E-state index in [4.69, 9.17) is 20.8 Å². The molecule has 0 unspecified atom stereocenters. The van der Waals surface area contributed by atoms with Gasteiger partial charge in [-0.1, -0.05) is 66.2 Å². The van der Waals surface area contributed by atoms with Gasteiger partial charge in [-0.15, -0.1) is 0 Å². The summed E-state index contributed by atoms with van der Waals surface area (Å²) in [6.45, 7) is 0. The van der Waals surface area contributed by atoms with E-state index in [1.807, 2.05) is 30.3 Å². The molecule has 1 aromatic heterocycles. The number of benzene rings is 3. The van der Waals surface area contributed by atoms with Crippen LogP contribution in [0.3, 0.4) is 0 Å². The lowest BCUT2D eigenvalue weighted by atomic mass is 9.85. The van der Waals surface area contributed by atoms with Gasteiger partial charge in [0, 0.05) is 10.6 Å². The third kappa shape index (κ3) is 2.93. The molecule has 0 radical (unpaired) electrons. The molecule has 0 bridgehead atoms. The predicted molar refractivity (Wildman–Crippen MR) is 111 cm³/mol. The first-order valence-electron chi connectivity index (χ1n) is 9.20. The number of rotatable bonds is 3. The second-order valence-electron chi connectivity index (χ2n) is 6.93. The Bertz CT molecular complexity index is 1280. The number of hydrogen-bond donors (Lipinski definition) is 0. The smallest absolute Gasteiger partial charge is 0.344 e. The normalized spacial score (nSPS) is 17.7. The molecule has 0 amide bonds. The van der Waals surface area contributed by atoms with Crippen LogP contribution in [-0.4, -0.2) is 11.9 Å². The van der Waals surface area contributed by atoms with Crippen LogP contribution in [0.15, 0.2) is 88.1 Å². The molecule has 0 fully saturated rings. The summed E-state index contributed by atoms with van der Waals surface area (Å²) in [5, 5.41) is 1.24. The molecule has 2 heterocycles. The number of carbonyl (C=O) groups excluding carboxylic acids is 1. The topological polar surface area (TPSA) is 56.5 Å². The van der Waals surface area contributed by atoms with Crippen LogP contribution in [0.4, 0.5) is 0 Å². The van der Waals surface area contributed by atoms with Crippen LogP contribution in [-0.2, 0) is 0 Å². The molecule has 0 saturated heterocycles. The van der Waals surface area contributed by atoms with E-state index in [0.29, 0.717) is 32.9 Å². The average Bonchev–Trinajstić information content (AvgIpc) is 3.16. The van der Waals surface area contributed by atoms with Gasteiger partial charge in [-0.25, -0.2) is 4.79 Å². The third-order valence-corrected chi connectivity index (χ3v) is 5.46. The number of Topliss-reactive ketones (excluding diaryl/α,β-unsaturated/α-hetero) is 1. The molecule has 5 rings (SSSR count). The highest BCUT2D eigenvalue weighted by molar-refractivity contribution is 6.30. The van der Waals surface area contributed by atoms with Gasteiger partial charge in [0.2, 0.25) is 5.78 Å². The van der Waals surface area contributed by atoms with E-state index in [-0.39, 0.29) is 5.78 Å². The third-order valence-electron chi connectivity index (χ3n) is 5.20. The minimum Gasteiger partial charge on any atom is -0.480 e. The standard InChI is InChI=1S/C24H15ClO4/c25-16-12-10-14(11-13-16)19-20-22(17-8-4-5-9-18(17)28-24(20)27)29-23(19)21(26)15-6-2-1-3-7-15/h1-13,19,23H/t19-,23-/m0/s1. The van der Waals surface area contributed by atoms with Crippen molar-refractivity contribution in [3.05, 3.63) is 111 Å². The quantitative estimate of drug-likeness (QED) is 0.348. The molecule has 5 heteroatoms. The molecule has 0 saturated carbocycles. The molecule has 4 nitrogen and oxygen atoms in total. The summed E-state index contributed by atoms with van der Waals surface area (Å²) in [6, 6.07) is 23.2. The minimum atomic E-state index is -0.873. The lowest BCUT2D eigenvalue weighted by molar-refractivity contribution is 0.0808. The zero-order chi connectivity index (χ0) is 20.0. The Kier molecular flexibility index (Phi) is 4.22. The largest absolute Gasteiger partial charge is 0.480 e. The van der Waals surface area contributed by atoms with Gasteiger partial charge in [0.15, 0.2) is 6.10 Å². The fourth-order valence-electron chi connectivity index (χ4n) is 3.86. The molecular weight excluding hydrogens is 388 g/mol. The number of halogens is 1. The van der Waals surface area contributed by atoms with Gasteiger partial charge >= 0.3 is 5.63 Å². The van der Waals surface area contributed by atoms with Crippen LogP contribution in [0.2, 0.25) is 5.02 Å². The van der Waals surface area contributed by atoms with E-state index >= 15 is 0 Å². The summed E-state index contributed by atoms with van der Waals surface area (Å²) in [5.74, 6) is -0.368. The number of carbonyl (C=O) groups is 1. The van der Waals surface area contributed by atoms with E-state index in [1.54, 1.807) is 48.5 Å². The summed E-state index contributed by atoms with van der Waals surface area (Å²) < 4.78 is 11.7. The number of ether oxygens (including phenoxy) is 1. The van der Waals surface area contributed by atoms with Crippen LogP contribution in [0.25, 0.3) is 11.0 Å². The SMILES string of the molecule is O=C(c1ccccc1)[C@H]1Oc2c(c(=O)oc3ccccc23)[C@@H]1c1ccc(Cl)cc1. The van der Waals surface area contributed by atoms with E-state index in [1.165, 1.54) is 0 Å². The van der Waals surface area contributed by atoms with Crippen molar-refractivity contribution in [3.63, 3.8) is 0 Å².